The molecular weight excluding hydrogens is 238 g/mol. The average molecular weight is 254 g/mol. The Labute approximate surface area is 106 Å². The van der Waals surface area contributed by atoms with E-state index in [1.807, 2.05) is 13.0 Å². The third-order valence-corrected chi connectivity index (χ3v) is 3.04. The second-order valence-electron chi connectivity index (χ2n) is 4.10. The van der Waals surface area contributed by atoms with Crippen LogP contribution in [-0.2, 0) is 4.79 Å². The molecule has 17 heavy (non-hydrogen) atoms. The molecule has 1 amide bonds. The van der Waals surface area contributed by atoms with E-state index in [2.05, 4.69) is 16.0 Å². The van der Waals surface area contributed by atoms with Crippen LogP contribution in [0.15, 0.2) is 18.2 Å². The molecule has 0 aromatic heterocycles. The Morgan fingerprint density at radius 3 is 2.88 bits per heavy atom. The summed E-state index contributed by atoms with van der Waals surface area (Å²) in [7, 11) is 0. The van der Waals surface area contributed by atoms with Crippen molar-refractivity contribution in [1.82, 2.24) is 5.32 Å². The average Bonchev–Trinajstić information content (AvgIpc) is 2.27. The van der Waals surface area contributed by atoms with E-state index in [4.69, 9.17) is 11.6 Å². The topological polar surface area (TPSA) is 53.2 Å². The number of anilines is 2. The summed E-state index contributed by atoms with van der Waals surface area (Å²) in [6, 6.07) is 5.89. The molecule has 1 aromatic rings. The van der Waals surface area contributed by atoms with Gasteiger partial charge in [-0.05, 0) is 18.2 Å². The van der Waals surface area contributed by atoms with Gasteiger partial charge in [0.2, 0.25) is 5.91 Å². The summed E-state index contributed by atoms with van der Waals surface area (Å²) < 4.78 is 0. The molecule has 0 bridgehead atoms. The lowest BCUT2D eigenvalue weighted by Crippen LogP contribution is -2.51. The van der Waals surface area contributed by atoms with Crippen LogP contribution >= 0.6 is 11.6 Å². The Morgan fingerprint density at radius 2 is 2.29 bits per heavy atom. The minimum atomic E-state index is 0.00332. The number of nitrogens with one attached hydrogen (secondary N) is 3. The van der Waals surface area contributed by atoms with Crippen LogP contribution < -0.4 is 16.0 Å². The summed E-state index contributed by atoms with van der Waals surface area (Å²) in [6.07, 6.45) is 0.470. The minimum Gasteiger partial charge on any atom is -0.378 e. The fraction of sp³-hybridized carbons (Fsp3) is 0.417. The molecule has 5 heteroatoms. The van der Waals surface area contributed by atoms with Gasteiger partial charge in [-0.1, -0.05) is 18.5 Å². The first kappa shape index (κ1) is 12.2. The van der Waals surface area contributed by atoms with Crippen LogP contribution in [0.4, 0.5) is 11.4 Å². The molecule has 4 nitrogen and oxygen atoms in total. The van der Waals surface area contributed by atoms with Gasteiger partial charge in [-0.15, -0.1) is 0 Å². The number of hydrogen-bond acceptors (Lipinski definition) is 3. The van der Waals surface area contributed by atoms with Gasteiger partial charge in [0, 0.05) is 25.2 Å². The highest BCUT2D eigenvalue weighted by atomic mass is 35.5. The lowest BCUT2D eigenvalue weighted by atomic mass is 10.1. The van der Waals surface area contributed by atoms with Crippen molar-refractivity contribution in [1.29, 1.82) is 0 Å². The Bertz CT molecular complexity index is 418. The summed E-state index contributed by atoms with van der Waals surface area (Å²) >= 11 is 6.10. The van der Waals surface area contributed by atoms with Gasteiger partial charge in [-0.3, -0.25) is 4.79 Å². The van der Waals surface area contributed by atoms with Crippen LogP contribution in [0.1, 0.15) is 13.3 Å². The van der Waals surface area contributed by atoms with Crippen molar-refractivity contribution in [3.63, 3.8) is 0 Å². The molecule has 1 heterocycles. The van der Waals surface area contributed by atoms with Crippen molar-refractivity contribution in [2.45, 2.75) is 19.4 Å². The Balaban J connectivity index is 2.07. The predicted molar refractivity (Wildman–Crippen MR) is 70.7 cm³/mol. The third kappa shape index (κ3) is 3.11. The monoisotopic (exact) mass is 253 g/mol. The maximum atomic E-state index is 11.3. The second kappa shape index (κ2) is 5.38. The molecular formula is C12H16ClN3O. The highest BCUT2D eigenvalue weighted by Gasteiger charge is 2.17. The Hall–Kier alpha value is -1.26. The lowest BCUT2D eigenvalue weighted by molar-refractivity contribution is -0.115. The van der Waals surface area contributed by atoms with Crippen LogP contribution in [0, 0.1) is 0 Å². The quantitative estimate of drug-likeness (QED) is 0.770. The normalized spacial score (nSPS) is 15.2. The van der Waals surface area contributed by atoms with Crippen molar-refractivity contribution in [3.8, 4) is 0 Å². The Morgan fingerprint density at radius 1 is 1.53 bits per heavy atom. The zero-order valence-electron chi connectivity index (χ0n) is 9.72. The molecule has 3 N–H and O–H groups in total. The number of amides is 1. The van der Waals surface area contributed by atoms with Gasteiger partial charge in [-0.25, -0.2) is 0 Å². The number of benzene rings is 1. The van der Waals surface area contributed by atoms with Gasteiger partial charge in [0.25, 0.3) is 0 Å². The molecule has 1 aliphatic rings. The van der Waals surface area contributed by atoms with Gasteiger partial charge in [0.15, 0.2) is 0 Å². The van der Waals surface area contributed by atoms with E-state index >= 15 is 0 Å². The molecule has 0 radical (unpaired) electrons. The van der Waals surface area contributed by atoms with Gasteiger partial charge >= 0.3 is 0 Å². The summed E-state index contributed by atoms with van der Waals surface area (Å²) in [5, 5.41) is 10.0. The van der Waals surface area contributed by atoms with Crippen molar-refractivity contribution < 1.29 is 4.79 Å². The predicted octanol–water partition coefficient (Wildman–Crippen LogP) is 2.07. The SMILES string of the molecule is CCC(=O)Nc1ccc(Cl)c(NC2CNC2)c1. The number of halogens is 1. The largest absolute Gasteiger partial charge is 0.378 e. The summed E-state index contributed by atoms with van der Waals surface area (Å²) in [5.41, 5.74) is 1.64. The maximum Gasteiger partial charge on any atom is 0.224 e. The minimum absolute atomic E-state index is 0.00332. The van der Waals surface area contributed by atoms with E-state index in [0.717, 1.165) is 24.5 Å². The lowest BCUT2D eigenvalue weighted by Gasteiger charge is -2.29. The molecule has 0 spiro atoms. The van der Waals surface area contributed by atoms with Crippen LogP contribution in [0.5, 0.6) is 0 Å². The molecule has 0 atom stereocenters. The number of hydrogen-bond donors (Lipinski definition) is 3. The van der Waals surface area contributed by atoms with E-state index < -0.39 is 0 Å². The van der Waals surface area contributed by atoms with Gasteiger partial charge < -0.3 is 16.0 Å². The first-order valence-corrected chi connectivity index (χ1v) is 6.13. The van der Waals surface area contributed by atoms with Crippen LogP contribution in [0.25, 0.3) is 0 Å². The molecule has 1 fully saturated rings. The second-order valence-corrected chi connectivity index (χ2v) is 4.50. The molecule has 1 aromatic carbocycles. The van der Waals surface area contributed by atoms with E-state index in [1.165, 1.54) is 0 Å². The van der Waals surface area contributed by atoms with Crippen LogP contribution in [0.2, 0.25) is 5.02 Å². The van der Waals surface area contributed by atoms with E-state index in [-0.39, 0.29) is 5.91 Å². The zero-order chi connectivity index (χ0) is 12.3. The number of carbonyl (C=O) groups excluding carboxylic acids is 1. The number of rotatable bonds is 4. The maximum absolute atomic E-state index is 11.3. The molecule has 0 saturated carbocycles. The van der Waals surface area contributed by atoms with Crippen molar-refractivity contribution in [2.75, 3.05) is 23.7 Å². The van der Waals surface area contributed by atoms with Crippen molar-refractivity contribution in [3.05, 3.63) is 23.2 Å². The summed E-state index contributed by atoms with van der Waals surface area (Å²) in [5.74, 6) is 0.00332. The van der Waals surface area contributed by atoms with Crippen LogP contribution in [-0.4, -0.2) is 25.0 Å². The first-order chi connectivity index (χ1) is 8.19. The molecule has 0 aliphatic carbocycles. The van der Waals surface area contributed by atoms with Gasteiger partial charge in [0.1, 0.15) is 0 Å². The number of carbonyl (C=O) groups is 1. The summed E-state index contributed by atoms with van der Waals surface area (Å²) in [6.45, 7) is 3.72. The fourth-order valence-electron chi connectivity index (χ4n) is 1.57. The molecule has 0 unspecified atom stereocenters. The van der Waals surface area contributed by atoms with Crippen molar-refractivity contribution in [2.24, 2.45) is 0 Å². The standard InChI is InChI=1S/C12H16ClN3O/c1-2-12(17)16-8-3-4-10(13)11(5-8)15-9-6-14-7-9/h3-5,9,14-15H,2,6-7H2,1H3,(H,16,17). The third-order valence-electron chi connectivity index (χ3n) is 2.71. The highest BCUT2D eigenvalue weighted by Crippen LogP contribution is 2.26. The van der Waals surface area contributed by atoms with Gasteiger partial charge in [-0.2, -0.15) is 0 Å². The molecule has 92 valence electrons. The molecule has 1 saturated heterocycles. The molecule has 1 aliphatic heterocycles. The smallest absolute Gasteiger partial charge is 0.224 e. The van der Waals surface area contributed by atoms with Crippen molar-refractivity contribution >= 4 is 28.9 Å². The summed E-state index contributed by atoms with van der Waals surface area (Å²) in [4.78, 5) is 11.3. The zero-order valence-corrected chi connectivity index (χ0v) is 10.5. The Kier molecular flexibility index (Phi) is 3.86. The fourth-order valence-corrected chi connectivity index (χ4v) is 1.75. The highest BCUT2D eigenvalue weighted by molar-refractivity contribution is 6.33. The first-order valence-electron chi connectivity index (χ1n) is 5.75. The van der Waals surface area contributed by atoms with E-state index in [0.29, 0.717) is 17.5 Å². The van der Waals surface area contributed by atoms with E-state index in [9.17, 15) is 4.79 Å². The molecule has 2 rings (SSSR count). The van der Waals surface area contributed by atoms with E-state index in [1.54, 1.807) is 12.1 Å². The van der Waals surface area contributed by atoms with Gasteiger partial charge in [0.05, 0.1) is 16.8 Å². The van der Waals surface area contributed by atoms with Crippen LogP contribution in [0.3, 0.4) is 0 Å².